The van der Waals surface area contributed by atoms with Crippen LogP contribution in [0, 0.1) is 53.3 Å². The van der Waals surface area contributed by atoms with Crippen molar-refractivity contribution < 1.29 is 28.7 Å². The fourth-order valence-corrected chi connectivity index (χ4v) is 6.87. The second kappa shape index (κ2) is 15.0. The Morgan fingerprint density at radius 1 is 0.750 bits per heavy atom. The predicted octanol–water partition coefficient (Wildman–Crippen LogP) is 5.50. The highest BCUT2D eigenvalue weighted by molar-refractivity contribution is 6.04. The molecule has 0 heterocycles. The maximum atomic E-state index is 13.6. The highest BCUT2D eigenvalue weighted by Crippen LogP contribution is 2.38. The lowest BCUT2D eigenvalue weighted by molar-refractivity contribution is -0.165. The van der Waals surface area contributed by atoms with Gasteiger partial charge >= 0.3 is 12.0 Å². The van der Waals surface area contributed by atoms with E-state index in [1.54, 1.807) is 6.92 Å². The number of Topliss-reactive ketones (excluding diaryl/α,β-unsaturated/α-hetero) is 2. The van der Waals surface area contributed by atoms with E-state index in [1.165, 1.54) is 13.8 Å². The van der Waals surface area contributed by atoms with E-state index in [0.717, 1.165) is 38.5 Å². The molecular weight excluding hydrogens is 510 g/mol. The van der Waals surface area contributed by atoms with Crippen LogP contribution in [0.15, 0.2) is 5.10 Å². The number of ketones is 2. The Bertz CT molecular complexity index is 932. The molecule has 3 N–H and O–H groups in total. The molecule has 0 aliphatic heterocycles. The van der Waals surface area contributed by atoms with Gasteiger partial charge in [0.2, 0.25) is 5.90 Å². The second-order valence-electron chi connectivity index (χ2n) is 13.2. The van der Waals surface area contributed by atoms with Crippen LogP contribution in [-0.4, -0.2) is 41.7 Å². The molecule has 2 saturated carbocycles. The van der Waals surface area contributed by atoms with E-state index in [2.05, 4.69) is 52.1 Å². The summed E-state index contributed by atoms with van der Waals surface area (Å²) in [6, 6.07) is -0.901. The van der Waals surface area contributed by atoms with Gasteiger partial charge < -0.3 is 15.2 Å². The van der Waals surface area contributed by atoms with Gasteiger partial charge in [-0.2, -0.15) is 0 Å². The van der Waals surface area contributed by atoms with Crippen molar-refractivity contribution in [3.05, 3.63) is 0 Å². The van der Waals surface area contributed by atoms with Gasteiger partial charge in [-0.15, -0.1) is 5.10 Å². The smallest absolute Gasteiger partial charge is 0.332 e. The zero-order valence-electron chi connectivity index (χ0n) is 26.1. The van der Waals surface area contributed by atoms with E-state index in [0.29, 0.717) is 23.7 Å². The number of hydrazone groups is 1. The molecule has 0 spiro atoms. The molecule has 0 saturated heterocycles. The third-order valence-corrected chi connectivity index (χ3v) is 9.19. The normalized spacial score (nSPS) is 29.8. The summed E-state index contributed by atoms with van der Waals surface area (Å²) >= 11 is 0. The van der Waals surface area contributed by atoms with E-state index in [1.807, 2.05) is 0 Å². The summed E-state index contributed by atoms with van der Waals surface area (Å²) in [6.07, 6.45) is 5.10. The Morgan fingerprint density at radius 3 is 1.60 bits per heavy atom. The maximum absolute atomic E-state index is 13.6. The van der Waals surface area contributed by atoms with Gasteiger partial charge in [0.15, 0.2) is 0 Å². The molecule has 0 aromatic rings. The first kappa shape index (κ1) is 33.8. The molecule has 40 heavy (non-hydrogen) atoms. The summed E-state index contributed by atoms with van der Waals surface area (Å²) in [5, 5.41) is 4.13. The largest absolute Gasteiger partial charge is 0.476 e. The number of urea groups is 1. The fourth-order valence-electron chi connectivity index (χ4n) is 6.87. The van der Waals surface area contributed by atoms with Crippen molar-refractivity contribution in [2.24, 2.45) is 64.1 Å². The van der Waals surface area contributed by atoms with Crippen LogP contribution in [0.25, 0.3) is 0 Å². The number of hydrogen-bond acceptors (Lipinski definition) is 7. The predicted molar refractivity (Wildman–Crippen MR) is 155 cm³/mol. The lowest BCUT2D eigenvalue weighted by Crippen LogP contribution is -2.46. The van der Waals surface area contributed by atoms with Crippen molar-refractivity contribution in [1.82, 2.24) is 5.43 Å². The summed E-state index contributed by atoms with van der Waals surface area (Å²) in [5.74, 6) is -2.44. The number of nitrogens with zero attached hydrogens (tertiary/aromatic N) is 1. The number of carbonyl (C=O) groups excluding carboxylic acids is 4. The van der Waals surface area contributed by atoms with Gasteiger partial charge in [0.1, 0.15) is 29.7 Å². The number of carbonyl (C=O) groups is 4. The standard InChI is InChI=1S/C31H53N3O6/c1-16(2)23-12-10-18(5)14-25(23)39-29(33-34-31(32)38)27(21(8)35)20(7)28(22(9)36)30(37)40-26-15-19(6)11-13-24(26)17(3)4/h16-20,23-28H,10-15H2,1-9H3,(H3,32,34,38)/b33-29-/t18-,19+,20+,23-,24+,25+,26+,27+,28+/m0/s1. The number of hydrogen-bond donors (Lipinski definition) is 2. The number of nitrogens with one attached hydrogen (secondary N) is 1. The molecular formula is C31H53N3O6. The number of rotatable bonds is 11. The van der Waals surface area contributed by atoms with Gasteiger partial charge in [-0.1, -0.05) is 61.3 Å². The number of esters is 1. The number of primary amides is 1. The Morgan fingerprint density at radius 2 is 1.20 bits per heavy atom. The molecule has 2 amide bonds. The Balaban J connectivity index is 2.41. The molecule has 9 atom stereocenters. The van der Waals surface area contributed by atoms with Gasteiger partial charge in [-0.25, -0.2) is 10.2 Å². The lowest BCUT2D eigenvalue weighted by Gasteiger charge is -2.39. The van der Waals surface area contributed by atoms with Crippen molar-refractivity contribution in [1.29, 1.82) is 0 Å². The summed E-state index contributed by atoms with van der Waals surface area (Å²) in [5.41, 5.74) is 7.52. The molecule has 9 nitrogen and oxygen atoms in total. The first-order valence-corrected chi connectivity index (χ1v) is 15.1. The van der Waals surface area contributed by atoms with Crippen LogP contribution in [-0.2, 0) is 23.9 Å². The molecule has 0 bridgehead atoms. The summed E-state index contributed by atoms with van der Waals surface area (Å²) in [4.78, 5) is 51.3. The van der Waals surface area contributed by atoms with Crippen LogP contribution in [0.4, 0.5) is 4.79 Å². The van der Waals surface area contributed by atoms with Gasteiger partial charge in [-0.3, -0.25) is 14.4 Å². The maximum Gasteiger partial charge on any atom is 0.332 e. The van der Waals surface area contributed by atoms with Crippen LogP contribution >= 0.6 is 0 Å². The monoisotopic (exact) mass is 563 g/mol. The van der Waals surface area contributed by atoms with E-state index in [4.69, 9.17) is 15.2 Å². The molecule has 228 valence electrons. The Labute approximate surface area is 240 Å². The Hall–Kier alpha value is -2.45. The topological polar surface area (TPSA) is 137 Å². The number of amides is 2. The molecule has 0 aromatic heterocycles. The van der Waals surface area contributed by atoms with E-state index in [-0.39, 0.29) is 41.5 Å². The summed E-state index contributed by atoms with van der Waals surface area (Å²) in [7, 11) is 0. The molecule has 2 aliphatic rings. The lowest BCUT2D eigenvalue weighted by atomic mass is 9.74. The summed E-state index contributed by atoms with van der Waals surface area (Å²) < 4.78 is 12.5. The van der Waals surface area contributed by atoms with Crippen LogP contribution < -0.4 is 11.2 Å². The fraction of sp³-hybridized carbons (Fsp3) is 0.839. The zero-order valence-corrected chi connectivity index (χ0v) is 26.1. The van der Waals surface area contributed by atoms with Crippen LogP contribution in [0.1, 0.15) is 101 Å². The van der Waals surface area contributed by atoms with E-state index < -0.39 is 29.8 Å². The van der Waals surface area contributed by atoms with Crippen molar-refractivity contribution in [2.45, 2.75) is 113 Å². The minimum atomic E-state index is -1.19. The van der Waals surface area contributed by atoms with Gasteiger partial charge in [-0.05, 0) is 81.0 Å². The van der Waals surface area contributed by atoms with E-state index >= 15 is 0 Å². The molecule has 9 heteroatoms. The van der Waals surface area contributed by atoms with Crippen molar-refractivity contribution in [3.63, 3.8) is 0 Å². The number of nitrogens with two attached hydrogens (primary N) is 1. The van der Waals surface area contributed by atoms with Crippen LogP contribution in [0.3, 0.4) is 0 Å². The number of ether oxygens (including phenoxy) is 2. The van der Waals surface area contributed by atoms with Gasteiger partial charge in [0.25, 0.3) is 0 Å². The van der Waals surface area contributed by atoms with Crippen LogP contribution in [0.2, 0.25) is 0 Å². The Kier molecular flexibility index (Phi) is 12.6. The molecule has 0 radical (unpaired) electrons. The van der Waals surface area contributed by atoms with Crippen molar-refractivity contribution in [2.75, 3.05) is 0 Å². The van der Waals surface area contributed by atoms with Gasteiger partial charge in [0, 0.05) is 0 Å². The SMILES string of the molecule is CC(=O)[C@H](C(=O)O[C@@H]1C[C@H](C)CC[C@@H]1C(C)C)[C@H](C)[C@H](C(C)=O)/C(=N/NC(N)=O)O[C@@H]1C[C@@H](C)CC[C@H]1C(C)C. The third-order valence-electron chi connectivity index (χ3n) is 9.19. The van der Waals surface area contributed by atoms with Crippen molar-refractivity contribution in [3.8, 4) is 0 Å². The van der Waals surface area contributed by atoms with E-state index in [9.17, 15) is 19.2 Å². The summed E-state index contributed by atoms with van der Waals surface area (Å²) in [6.45, 7) is 17.2. The average Bonchev–Trinajstić information content (AvgIpc) is 2.81. The minimum Gasteiger partial charge on any atom is -0.476 e. The molecule has 2 fully saturated rings. The molecule has 2 rings (SSSR count). The quantitative estimate of drug-likeness (QED) is 0.112. The minimum absolute atomic E-state index is 0.0195. The average molecular weight is 564 g/mol. The van der Waals surface area contributed by atoms with Crippen molar-refractivity contribution >= 4 is 29.5 Å². The first-order valence-electron chi connectivity index (χ1n) is 15.1. The highest BCUT2D eigenvalue weighted by atomic mass is 16.5. The molecule has 2 aliphatic carbocycles. The highest BCUT2D eigenvalue weighted by Gasteiger charge is 2.44. The third kappa shape index (κ3) is 9.03. The first-order chi connectivity index (χ1) is 18.6. The zero-order chi connectivity index (χ0) is 30.3. The molecule has 0 unspecified atom stereocenters. The second-order valence-corrected chi connectivity index (χ2v) is 13.2. The van der Waals surface area contributed by atoms with Gasteiger partial charge in [0.05, 0.1) is 5.92 Å². The van der Waals surface area contributed by atoms with Crippen LogP contribution in [0.5, 0.6) is 0 Å². The molecule has 0 aromatic carbocycles.